The first-order valence-corrected chi connectivity index (χ1v) is 14.8. The lowest BCUT2D eigenvalue weighted by atomic mass is 10.00. The zero-order valence-electron chi connectivity index (χ0n) is 21.2. The Balaban J connectivity index is 1.27. The van der Waals surface area contributed by atoms with Crippen LogP contribution in [0.3, 0.4) is 0 Å². The van der Waals surface area contributed by atoms with E-state index in [0.717, 1.165) is 44.4 Å². The summed E-state index contributed by atoms with van der Waals surface area (Å²) in [5.41, 5.74) is 4.60. The van der Waals surface area contributed by atoms with E-state index in [2.05, 4.69) is 95.4 Å². The van der Waals surface area contributed by atoms with Gasteiger partial charge in [-0.05, 0) is 87.3 Å². The molecule has 5 aromatic rings. The van der Waals surface area contributed by atoms with Gasteiger partial charge in [0.25, 0.3) is 0 Å². The van der Waals surface area contributed by atoms with Gasteiger partial charge in [0, 0.05) is 3.57 Å². The fourth-order valence-electron chi connectivity index (χ4n) is 4.57. The van der Waals surface area contributed by atoms with E-state index in [1.807, 2.05) is 66.4 Å². The van der Waals surface area contributed by atoms with Crippen molar-refractivity contribution in [3.63, 3.8) is 0 Å². The highest BCUT2D eigenvalue weighted by Crippen LogP contribution is 2.54. The molecule has 0 saturated carbocycles. The van der Waals surface area contributed by atoms with Gasteiger partial charge in [0.1, 0.15) is 36.6 Å². The van der Waals surface area contributed by atoms with Gasteiger partial charge >= 0.3 is 0 Å². The minimum Gasteiger partial charge on any atom is -0.489 e. The highest BCUT2D eigenvalue weighted by molar-refractivity contribution is 14.1. The summed E-state index contributed by atoms with van der Waals surface area (Å²) in [6.07, 6.45) is -0.139. The summed E-state index contributed by atoms with van der Waals surface area (Å²) in [5, 5.41) is 0.0437. The molecule has 0 unspecified atom stereocenters. The number of thioether (sulfide) groups is 1. The van der Waals surface area contributed by atoms with Crippen LogP contribution in [0.5, 0.6) is 17.2 Å². The molecule has 0 fully saturated rings. The Kier molecular flexibility index (Phi) is 8.07. The van der Waals surface area contributed by atoms with Gasteiger partial charge in [0.05, 0.1) is 10.1 Å². The maximum absolute atomic E-state index is 6.69. The van der Waals surface area contributed by atoms with E-state index in [-0.39, 0.29) is 11.4 Å². The van der Waals surface area contributed by atoms with Gasteiger partial charge in [-0.25, -0.2) is 0 Å². The maximum Gasteiger partial charge on any atom is 0.140 e. The third kappa shape index (κ3) is 6.43. The van der Waals surface area contributed by atoms with Crippen LogP contribution in [0.4, 0.5) is 0 Å². The van der Waals surface area contributed by atoms with Crippen molar-refractivity contribution in [3.05, 3.63) is 153 Å². The zero-order valence-corrected chi connectivity index (χ0v) is 24.2. The normalized spacial score (nSPS) is 16.1. The Hall–Kier alpha value is -3.42. The standard InChI is InChI=1S/C34H27IO3S/c35-28-16-14-26(15-17-28)33-34(27-12-7-13-29(20-27)36-22-24-8-3-1-4-9-24)39-32-21-30(18-19-31(32)38-33)37-23-25-10-5-2-6-11-25/h1-21,33-34H,22-23H2/t33-,34+/m0/s1. The number of hydrogen-bond acceptors (Lipinski definition) is 4. The largest absolute Gasteiger partial charge is 0.489 e. The van der Waals surface area contributed by atoms with E-state index in [1.165, 1.54) is 3.57 Å². The molecule has 0 amide bonds. The Labute approximate surface area is 247 Å². The molecule has 3 nitrogen and oxygen atoms in total. The molecule has 1 aliphatic rings. The second-order valence-electron chi connectivity index (χ2n) is 9.36. The summed E-state index contributed by atoms with van der Waals surface area (Å²) < 4.78 is 20.2. The first kappa shape index (κ1) is 25.8. The smallest absolute Gasteiger partial charge is 0.140 e. The molecule has 5 aromatic carbocycles. The molecule has 5 heteroatoms. The molecule has 0 radical (unpaired) electrons. The lowest BCUT2D eigenvalue weighted by molar-refractivity contribution is 0.190. The Morgan fingerprint density at radius 3 is 1.92 bits per heavy atom. The highest BCUT2D eigenvalue weighted by atomic mass is 127. The second kappa shape index (κ2) is 12.2. The van der Waals surface area contributed by atoms with Crippen LogP contribution in [0.2, 0.25) is 0 Å². The van der Waals surface area contributed by atoms with Gasteiger partial charge in [0.2, 0.25) is 0 Å². The van der Waals surface area contributed by atoms with Crippen LogP contribution in [0.1, 0.15) is 33.6 Å². The molecule has 1 heterocycles. The minimum atomic E-state index is -0.139. The van der Waals surface area contributed by atoms with Gasteiger partial charge < -0.3 is 14.2 Å². The number of fused-ring (bicyclic) bond motifs is 1. The van der Waals surface area contributed by atoms with E-state index in [1.54, 1.807) is 0 Å². The Bertz CT molecular complexity index is 1520. The molecule has 0 saturated heterocycles. The molecule has 0 aromatic heterocycles. The Morgan fingerprint density at radius 1 is 0.615 bits per heavy atom. The van der Waals surface area contributed by atoms with Crippen LogP contribution in [0.25, 0.3) is 0 Å². The molecule has 39 heavy (non-hydrogen) atoms. The van der Waals surface area contributed by atoms with Crippen LogP contribution < -0.4 is 14.2 Å². The predicted octanol–water partition coefficient (Wildman–Crippen LogP) is 9.42. The molecular formula is C34H27IO3S. The number of halogens is 1. The second-order valence-corrected chi connectivity index (χ2v) is 11.8. The molecule has 2 atom stereocenters. The van der Waals surface area contributed by atoms with E-state index in [0.29, 0.717) is 13.2 Å². The van der Waals surface area contributed by atoms with E-state index < -0.39 is 0 Å². The van der Waals surface area contributed by atoms with Crippen molar-refractivity contribution in [2.45, 2.75) is 29.5 Å². The fourth-order valence-corrected chi connectivity index (χ4v) is 6.23. The molecular weight excluding hydrogens is 615 g/mol. The first-order chi connectivity index (χ1) is 19.2. The quantitative estimate of drug-likeness (QED) is 0.158. The van der Waals surface area contributed by atoms with Crippen LogP contribution in [0, 0.1) is 3.57 Å². The number of rotatable bonds is 8. The molecule has 194 valence electrons. The average Bonchev–Trinajstić information content (AvgIpc) is 3.00. The summed E-state index contributed by atoms with van der Waals surface area (Å²) in [6.45, 7) is 1.06. The van der Waals surface area contributed by atoms with Crippen molar-refractivity contribution in [2.75, 3.05) is 0 Å². The van der Waals surface area contributed by atoms with Crippen molar-refractivity contribution in [2.24, 2.45) is 0 Å². The van der Waals surface area contributed by atoms with Crippen LogP contribution in [0.15, 0.2) is 132 Å². The number of hydrogen-bond donors (Lipinski definition) is 0. The predicted molar refractivity (Wildman–Crippen MR) is 166 cm³/mol. The van der Waals surface area contributed by atoms with Crippen molar-refractivity contribution in [3.8, 4) is 17.2 Å². The van der Waals surface area contributed by atoms with E-state index in [9.17, 15) is 0 Å². The summed E-state index contributed by atoms with van der Waals surface area (Å²) in [4.78, 5) is 1.07. The van der Waals surface area contributed by atoms with Crippen LogP contribution in [-0.2, 0) is 13.2 Å². The van der Waals surface area contributed by atoms with Gasteiger partial charge in [-0.1, -0.05) is 84.9 Å². The molecule has 0 spiro atoms. The lowest BCUT2D eigenvalue weighted by Gasteiger charge is -2.34. The third-order valence-corrected chi connectivity index (χ3v) is 8.65. The lowest BCUT2D eigenvalue weighted by Crippen LogP contribution is -2.19. The SMILES string of the molecule is Ic1ccc([C@@H]2Oc3ccc(OCc4ccccc4)cc3S[C@@H]2c2cccc(OCc3ccccc3)c2)cc1. The first-order valence-electron chi connectivity index (χ1n) is 12.9. The van der Waals surface area contributed by atoms with Crippen molar-refractivity contribution >= 4 is 34.4 Å². The summed E-state index contributed by atoms with van der Waals surface area (Å²) in [7, 11) is 0. The van der Waals surface area contributed by atoms with Crippen molar-refractivity contribution < 1.29 is 14.2 Å². The summed E-state index contributed by atoms with van der Waals surface area (Å²) in [5.74, 6) is 2.56. The van der Waals surface area contributed by atoms with Gasteiger partial charge in [-0.3, -0.25) is 0 Å². The van der Waals surface area contributed by atoms with Crippen LogP contribution >= 0.6 is 34.4 Å². The minimum absolute atomic E-state index is 0.0437. The molecule has 0 N–H and O–H groups in total. The van der Waals surface area contributed by atoms with Crippen molar-refractivity contribution in [1.29, 1.82) is 0 Å². The maximum atomic E-state index is 6.69. The van der Waals surface area contributed by atoms with E-state index in [4.69, 9.17) is 14.2 Å². The fraction of sp³-hybridized carbons (Fsp3) is 0.118. The zero-order chi connectivity index (χ0) is 26.4. The van der Waals surface area contributed by atoms with Crippen LogP contribution in [-0.4, -0.2) is 0 Å². The number of ether oxygens (including phenoxy) is 3. The molecule has 0 bridgehead atoms. The third-order valence-electron chi connectivity index (χ3n) is 6.58. The van der Waals surface area contributed by atoms with Gasteiger partial charge in [-0.15, -0.1) is 11.8 Å². The molecule has 0 aliphatic carbocycles. The number of benzene rings is 5. The monoisotopic (exact) mass is 642 g/mol. The Morgan fingerprint density at radius 2 is 1.26 bits per heavy atom. The topological polar surface area (TPSA) is 27.7 Å². The molecule has 1 aliphatic heterocycles. The van der Waals surface area contributed by atoms with E-state index >= 15 is 0 Å². The summed E-state index contributed by atoms with van der Waals surface area (Å²) in [6, 6.07) is 43.6. The van der Waals surface area contributed by atoms with Gasteiger partial charge in [0.15, 0.2) is 0 Å². The van der Waals surface area contributed by atoms with Gasteiger partial charge in [-0.2, -0.15) is 0 Å². The average molecular weight is 643 g/mol. The van der Waals surface area contributed by atoms with Crippen molar-refractivity contribution in [1.82, 2.24) is 0 Å². The molecule has 6 rings (SSSR count). The summed E-state index contributed by atoms with van der Waals surface area (Å²) >= 11 is 4.16. The highest BCUT2D eigenvalue weighted by Gasteiger charge is 2.34.